The third kappa shape index (κ3) is 2.79. The molecule has 1 heteroatoms. The zero-order valence-electron chi connectivity index (χ0n) is 10.8. The largest absolute Gasteiger partial charge is 0.496 e. The lowest BCUT2D eigenvalue weighted by molar-refractivity contribution is 0.411. The van der Waals surface area contributed by atoms with Crippen molar-refractivity contribution in [1.82, 2.24) is 0 Å². The van der Waals surface area contributed by atoms with Crippen molar-refractivity contribution in [3.8, 4) is 17.6 Å². The maximum atomic E-state index is 5.31. The smallest absolute Gasteiger partial charge is 0.122 e. The summed E-state index contributed by atoms with van der Waals surface area (Å²) in [7, 11) is 1.72. The molecule has 1 atom stereocenters. The predicted octanol–water partition coefficient (Wildman–Crippen LogP) is 3.83. The number of benzene rings is 1. The van der Waals surface area contributed by atoms with Gasteiger partial charge in [-0.25, -0.2) is 0 Å². The predicted molar refractivity (Wildman–Crippen MR) is 69.0 cm³/mol. The lowest BCUT2D eigenvalue weighted by atomic mass is 9.92. The Labute approximate surface area is 98.8 Å². The van der Waals surface area contributed by atoms with Gasteiger partial charge in [-0.1, -0.05) is 13.0 Å². The highest BCUT2D eigenvalue weighted by Gasteiger charge is 2.10. The van der Waals surface area contributed by atoms with Crippen LogP contribution >= 0.6 is 0 Å². The van der Waals surface area contributed by atoms with Gasteiger partial charge in [0, 0.05) is 6.42 Å². The first-order valence-electron chi connectivity index (χ1n) is 5.64. The van der Waals surface area contributed by atoms with Crippen molar-refractivity contribution in [3.63, 3.8) is 0 Å². The number of rotatable bonds is 3. The van der Waals surface area contributed by atoms with Crippen molar-refractivity contribution >= 4 is 0 Å². The zero-order valence-corrected chi connectivity index (χ0v) is 10.8. The summed E-state index contributed by atoms with van der Waals surface area (Å²) in [5.41, 5.74) is 3.85. The maximum absolute atomic E-state index is 5.31. The molecule has 0 radical (unpaired) electrons. The fourth-order valence-corrected chi connectivity index (χ4v) is 1.93. The molecule has 16 heavy (non-hydrogen) atoms. The van der Waals surface area contributed by atoms with E-state index in [9.17, 15) is 0 Å². The molecule has 1 nitrogen and oxygen atoms in total. The van der Waals surface area contributed by atoms with Gasteiger partial charge in [0.25, 0.3) is 0 Å². The van der Waals surface area contributed by atoms with Crippen LogP contribution in [0.1, 0.15) is 42.9 Å². The minimum atomic E-state index is 0.483. The Balaban J connectivity index is 3.03. The summed E-state index contributed by atoms with van der Waals surface area (Å²) >= 11 is 0. The average Bonchev–Trinajstić information content (AvgIpc) is 2.28. The molecule has 1 unspecified atom stereocenters. The molecule has 0 saturated heterocycles. The first kappa shape index (κ1) is 12.6. The minimum absolute atomic E-state index is 0.483. The molecule has 0 fully saturated rings. The highest BCUT2D eigenvalue weighted by molar-refractivity contribution is 5.43. The van der Waals surface area contributed by atoms with Crippen LogP contribution in [0.25, 0.3) is 0 Å². The van der Waals surface area contributed by atoms with Gasteiger partial charge in [0.15, 0.2) is 0 Å². The quantitative estimate of drug-likeness (QED) is 0.698. The van der Waals surface area contributed by atoms with Crippen LogP contribution in [-0.2, 0) is 0 Å². The van der Waals surface area contributed by atoms with Crippen LogP contribution in [0.15, 0.2) is 12.1 Å². The van der Waals surface area contributed by atoms with E-state index in [1.807, 2.05) is 6.92 Å². The topological polar surface area (TPSA) is 9.23 Å². The molecule has 0 spiro atoms. The van der Waals surface area contributed by atoms with Crippen LogP contribution < -0.4 is 4.74 Å². The Morgan fingerprint density at radius 2 is 1.94 bits per heavy atom. The first-order chi connectivity index (χ1) is 7.60. The molecule has 0 saturated carbocycles. The van der Waals surface area contributed by atoms with E-state index in [2.05, 4.69) is 44.7 Å². The highest BCUT2D eigenvalue weighted by Crippen LogP contribution is 2.28. The molecule has 0 N–H and O–H groups in total. The Bertz CT molecular complexity index is 421. The molecule has 1 aromatic carbocycles. The molecule has 86 valence electrons. The molecule has 1 aromatic rings. The molecule has 0 heterocycles. The van der Waals surface area contributed by atoms with E-state index in [1.54, 1.807) is 7.11 Å². The maximum Gasteiger partial charge on any atom is 0.122 e. The summed E-state index contributed by atoms with van der Waals surface area (Å²) in [6.07, 6.45) is 0.920. The van der Waals surface area contributed by atoms with Crippen LogP contribution in [0, 0.1) is 25.7 Å². The van der Waals surface area contributed by atoms with E-state index >= 15 is 0 Å². The zero-order chi connectivity index (χ0) is 12.1. The van der Waals surface area contributed by atoms with E-state index in [-0.39, 0.29) is 0 Å². The van der Waals surface area contributed by atoms with E-state index in [1.165, 1.54) is 16.7 Å². The van der Waals surface area contributed by atoms with Gasteiger partial charge in [0.2, 0.25) is 0 Å². The van der Waals surface area contributed by atoms with Gasteiger partial charge in [0.1, 0.15) is 5.75 Å². The van der Waals surface area contributed by atoms with Crippen molar-refractivity contribution in [3.05, 3.63) is 28.8 Å². The Morgan fingerprint density at radius 3 is 2.50 bits per heavy atom. The molecule has 0 aliphatic heterocycles. The fourth-order valence-electron chi connectivity index (χ4n) is 1.93. The monoisotopic (exact) mass is 216 g/mol. The first-order valence-corrected chi connectivity index (χ1v) is 5.64. The molecular formula is C15H20O. The van der Waals surface area contributed by atoms with Gasteiger partial charge in [0.05, 0.1) is 7.11 Å². The molecule has 0 aromatic heterocycles. The van der Waals surface area contributed by atoms with E-state index in [0.29, 0.717) is 5.92 Å². The second-order valence-corrected chi connectivity index (χ2v) is 4.21. The number of methoxy groups -OCH3 is 1. The van der Waals surface area contributed by atoms with Gasteiger partial charge >= 0.3 is 0 Å². The number of hydrogen-bond acceptors (Lipinski definition) is 1. The van der Waals surface area contributed by atoms with E-state index in [0.717, 1.165) is 12.2 Å². The summed E-state index contributed by atoms with van der Waals surface area (Å²) < 4.78 is 5.31. The summed E-state index contributed by atoms with van der Waals surface area (Å²) in [6.45, 7) is 8.32. The molecule has 0 aliphatic carbocycles. The fraction of sp³-hybridized carbons (Fsp3) is 0.467. The summed E-state index contributed by atoms with van der Waals surface area (Å²) in [5, 5.41) is 0. The SMILES string of the molecule is CC#CCC(C)c1cc(C)c(OC)cc1C. The molecular weight excluding hydrogens is 196 g/mol. The average molecular weight is 216 g/mol. The van der Waals surface area contributed by atoms with Crippen molar-refractivity contribution < 1.29 is 4.74 Å². The Hall–Kier alpha value is -1.42. The second kappa shape index (κ2) is 5.61. The van der Waals surface area contributed by atoms with Crippen molar-refractivity contribution in [1.29, 1.82) is 0 Å². The van der Waals surface area contributed by atoms with E-state index < -0.39 is 0 Å². The molecule has 0 aliphatic rings. The van der Waals surface area contributed by atoms with Crippen LogP contribution in [0.5, 0.6) is 5.75 Å². The van der Waals surface area contributed by atoms with Crippen LogP contribution in [0.2, 0.25) is 0 Å². The number of ether oxygens (including phenoxy) is 1. The standard InChI is InChI=1S/C15H20O/c1-6-7-8-11(2)14-9-13(4)15(16-5)10-12(14)3/h9-11H,8H2,1-5H3. The van der Waals surface area contributed by atoms with Crippen LogP contribution in [0.3, 0.4) is 0 Å². The Morgan fingerprint density at radius 1 is 1.25 bits per heavy atom. The number of aryl methyl sites for hydroxylation is 2. The summed E-state index contributed by atoms with van der Waals surface area (Å²) in [5.74, 6) is 7.54. The third-order valence-corrected chi connectivity index (χ3v) is 2.90. The van der Waals surface area contributed by atoms with Gasteiger partial charge in [-0.3, -0.25) is 0 Å². The third-order valence-electron chi connectivity index (χ3n) is 2.90. The van der Waals surface area contributed by atoms with Crippen LogP contribution in [-0.4, -0.2) is 7.11 Å². The summed E-state index contributed by atoms with van der Waals surface area (Å²) in [6, 6.07) is 4.33. The molecule has 0 bridgehead atoms. The van der Waals surface area contributed by atoms with Crippen molar-refractivity contribution in [2.75, 3.05) is 7.11 Å². The van der Waals surface area contributed by atoms with Gasteiger partial charge in [-0.15, -0.1) is 11.8 Å². The van der Waals surface area contributed by atoms with Gasteiger partial charge < -0.3 is 4.74 Å². The normalized spacial score (nSPS) is 11.6. The molecule has 0 amide bonds. The minimum Gasteiger partial charge on any atom is -0.496 e. The van der Waals surface area contributed by atoms with Crippen LogP contribution in [0.4, 0.5) is 0 Å². The van der Waals surface area contributed by atoms with E-state index in [4.69, 9.17) is 4.74 Å². The second-order valence-electron chi connectivity index (χ2n) is 4.21. The van der Waals surface area contributed by atoms with Gasteiger partial charge in [-0.05, 0) is 49.4 Å². The number of hydrogen-bond donors (Lipinski definition) is 0. The van der Waals surface area contributed by atoms with Crippen molar-refractivity contribution in [2.45, 2.75) is 40.0 Å². The molecule has 1 rings (SSSR count). The van der Waals surface area contributed by atoms with Gasteiger partial charge in [-0.2, -0.15) is 0 Å². The summed E-state index contributed by atoms with van der Waals surface area (Å²) in [4.78, 5) is 0. The lowest BCUT2D eigenvalue weighted by Crippen LogP contribution is -1.98. The Kier molecular flexibility index (Phi) is 4.43. The highest BCUT2D eigenvalue weighted by atomic mass is 16.5. The lowest BCUT2D eigenvalue weighted by Gasteiger charge is -2.15. The van der Waals surface area contributed by atoms with Crippen molar-refractivity contribution in [2.24, 2.45) is 0 Å².